The smallest absolute Gasteiger partial charge is 0.226 e. The molecule has 4 rings (SSSR count). The van der Waals surface area contributed by atoms with Crippen molar-refractivity contribution >= 4 is 28.9 Å². The maximum absolute atomic E-state index is 12.0. The van der Waals surface area contributed by atoms with Crippen molar-refractivity contribution in [2.24, 2.45) is 11.8 Å². The summed E-state index contributed by atoms with van der Waals surface area (Å²) in [5, 5.41) is 7.49. The van der Waals surface area contributed by atoms with Crippen LogP contribution in [0.5, 0.6) is 0 Å². The molecule has 26 heavy (non-hydrogen) atoms. The van der Waals surface area contributed by atoms with Gasteiger partial charge in [-0.05, 0) is 53.8 Å². The number of hydrogen-bond donors (Lipinski definition) is 2. The third kappa shape index (κ3) is 3.12. The van der Waals surface area contributed by atoms with E-state index in [0.717, 1.165) is 22.8 Å². The van der Waals surface area contributed by atoms with Crippen LogP contribution in [-0.4, -0.2) is 5.91 Å². The van der Waals surface area contributed by atoms with E-state index in [1.165, 1.54) is 11.1 Å². The van der Waals surface area contributed by atoms with Crippen LogP contribution in [0.25, 0.3) is 0 Å². The predicted octanol–water partition coefficient (Wildman–Crippen LogP) is 5.76. The van der Waals surface area contributed by atoms with Crippen LogP contribution < -0.4 is 10.6 Å². The highest BCUT2D eigenvalue weighted by molar-refractivity contribution is 6.30. The van der Waals surface area contributed by atoms with E-state index in [2.05, 4.69) is 47.1 Å². The minimum Gasteiger partial charge on any atom is -0.378 e. The average molecular weight is 367 g/mol. The average Bonchev–Trinajstić information content (AvgIpc) is 3.12. The predicted molar refractivity (Wildman–Crippen MR) is 108 cm³/mol. The molecule has 0 spiro atoms. The Bertz CT molecular complexity index is 857. The van der Waals surface area contributed by atoms with E-state index in [0.29, 0.717) is 11.8 Å². The first-order valence-electron chi connectivity index (χ1n) is 9.16. The lowest BCUT2D eigenvalue weighted by molar-refractivity contribution is -0.118. The van der Waals surface area contributed by atoms with Gasteiger partial charge in [-0.1, -0.05) is 49.7 Å². The third-order valence-electron chi connectivity index (χ3n) is 5.38. The van der Waals surface area contributed by atoms with Crippen molar-refractivity contribution in [3.8, 4) is 0 Å². The summed E-state index contributed by atoms with van der Waals surface area (Å²) in [6.07, 6.45) is 5.63. The Kier molecular flexibility index (Phi) is 4.49. The van der Waals surface area contributed by atoms with Gasteiger partial charge in [-0.2, -0.15) is 0 Å². The van der Waals surface area contributed by atoms with E-state index in [4.69, 9.17) is 11.6 Å². The Labute approximate surface area is 159 Å². The number of rotatable bonds is 3. The highest BCUT2D eigenvalue weighted by Crippen LogP contribution is 2.50. The number of hydrogen-bond acceptors (Lipinski definition) is 2. The van der Waals surface area contributed by atoms with Crippen molar-refractivity contribution in [3.05, 3.63) is 70.8 Å². The molecule has 3 nitrogen and oxygen atoms in total. The van der Waals surface area contributed by atoms with Crippen molar-refractivity contribution in [2.45, 2.75) is 32.2 Å². The van der Waals surface area contributed by atoms with Crippen molar-refractivity contribution < 1.29 is 4.79 Å². The molecule has 0 bridgehead atoms. The standard InChI is InChI=1S/C22H23ClN2O/c1-13(2)22(26)24-16-10-11-20-19(12-16)17-4-3-5-18(17)21(25-20)14-6-8-15(23)9-7-14/h3-4,6-13,17-18,21,25H,5H2,1-2H3,(H,24,26). The Morgan fingerprint density at radius 1 is 1.19 bits per heavy atom. The van der Waals surface area contributed by atoms with Gasteiger partial charge in [-0.25, -0.2) is 0 Å². The van der Waals surface area contributed by atoms with Gasteiger partial charge >= 0.3 is 0 Å². The Morgan fingerprint density at radius 2 is 1.96 bits per heavy atom. The fourth-order valence-corrected chi connectivity index (χ4v) is 4.08. The minimum absolute atomic E-state index is 0.0300. The molecule has 0 aromatic heterocycles. The van der Waals surface area contributed by atoms with Gasteiger partial charge in [0.1, 0.15) is 0 Å². The lowest BCUT2D eigenvalue weighted by Crippen LogP contribution is -2.29. The summed E-state index contributed by atoms with van der Waals surface area (Å²) >= 11 is 6.06. The number of benzene rings is 2. The van der Waals surface area contributed by atoms with Crippen LogP contribution in [0.2, 0.25) is 5.02 Å². The zero-order valence-electron chi connectivity index (χ0n) is 15.0. The van der Waals surface area contributed by atoms with Gasteiger partial charge in [0.25, 0.3) is 0 Å². The first-order valence-corrected chi connectivity index (χ1v) is 9.54. The third-order valence-corrected chi connectivity index (χ3v) is 5.64. The number of anilines is 2. The molecule has 3 unspecified atom stereocenters. The molecule has 1 heterocycles. The van der Waals surface area contributed by atoms with E-state index in [-0.39, 0.29) is 17.9 Å². The molecule has 2 N–H and O–H groups in total. The molecule has 3 atom stereocenters. The van der Waals surface area contributed by atoms with Gasteiger partial charge in [0.2, 0.25) is 5.91 Å². The van der Waals surface area contributed by atoms with Crippen molar-refractivity contribution in [2.75, 3.05) is 10.6 Å². The lowest BCUT2D eigenvalue weighted by Gasteiger charge is -2.37. The summed E-state index contributed by atoms with van der Waals surface area (Å²) in [6, 6.07) is 14.6. The highest BCUT2D eigenvalue weighted by atomic mass is 35.5. The SMILES string of the molecule is CC(C)C(=O)Nc1ccc2c(c1)C1C=CCC1C(c1ccc(Cl)cc1)N2. The summed E-state index contributed by atoms with van der Waals surface area (Å²) in [5.41, 5.74) is 4.53. The Balaban J connectivity index is 1.66. The molecule has 1 aliphatic heterocycles. The molecule has 1 aliphatic carbocycles. The topological polar surface area (TPSA) is 41.1 Å². The summed E-state index contributed by atoms with van der Waals surface area (Å²) in [4.78, 5) is 12.0. The van der Waals surface area contributed by atoms with Crippen LogP contribution in [0.4, 0.5) is 11.4 Å². The maximum atomic E-state index is 12.0. The fourth-order valence-electron chi connectivity index (χ4n) is 3.96. The van der Waals surface area contributed by atoms with Crippen molar-refractivity contribution in [1.29, 1.82) is 0 Å². The zero-order chi connectivity index (χ0) is 18.3. The highest BCUT2D eigenvalue weighted by Gasteiger charge is 2.37. The quantitative estimate of drug-likeness (QED) is 0.678. The number of fused-ring (bicyclic) bond motifs is 3. The van der Waals surface area contributed by atoms with Crippen LogP contribution in [0.1, 0.15) is 43.4 Å². The van der Waals surface area contributed by atoms with E-state index in [1.54, 1.807) is 0 Å². The van der Waals surface area contributed by atoms with E-state index in [9.17, 15) is 4.79 Å². The second-order valence-electron chi connectivity index (χ2n) is 7.47. The molecule has 134 valence electrons. The molecule has 0 fully saturated rings. The van der Waals surface area contributed by atoms with Crippen molar-refractivity contribution in [3.63, 3.8) is 0 Å². The van der Waals surface area contributed by atoms with Gasteiger partial charge < -0.3 is 10.6 Å². The van der Waals surface area contributed by atoms with Crippen LogP contribution in [-0.2, 0) is 4.79 Å². The molecule has 0 radical (unpaired) electrons. The maximum Gasteiger partial charge on any atom is 0.226 e. The van der Waals surface area contributed by atoms with Gasteiger partial charge in [-0.3, -0.25) is 4.79 Å². The second-order valence-corrected chi connectivity index (χ2v) is 7.91. The molecular formula is C22H23ClN2O. The summed E-state index contributed by atoms with van der Waals surface area (Å²) in [6.45, 7) is 3.81. The normalized spacial score (nSPS) is 23.3. The Hall–Kier alpha value is -2.26. The first-order chi connectivity index (χ1) is 12.5. The van der Waals surface area contributed by atoms with Gasteiger partial charge in [0.15, 0.2) is 0 Å². The number of allylic oxidation sites excluding steroid dienone is 2. The Morgan fingerprint density at radius 3 is 2.69 bits per heavy atom. The number of amides is 1. The van der Waals surface area contributed by atoms with E-state index in [1.807, 2.05) is 32.0 Å². The molecular weight excluding hydrogens is 344 g/mol. The summed E-state index contributed by atoms with van der Waals surface area (Å²) in [7, 11) is 0. The number of nitrogens with one attached hydrogen (secondary N) is 2. The zero-order valence-corrected chi connectivity index (χ0v) is 15.8. The van der Waals surface area contributed by atoms with E-state index < -0.39 is 0 Å². The molecule has 2 aromatic carbocycles. The van der Waals surface area contributed by atoms with Gasteiger partial charge in [-0.15, -0.1) is 0 Å². The van der Waals surface area contributed by atoms with Gasteiger partial charge in [0.05, 0.1) is 6.04 Å². The molecule has 0 saturated carbocycles. The lowest BCUT2D eigenvalue weighted by atomic mass is 9.77. The van der Waals surface area contributed by atoms with Crippen molar-refractivity contribution in [1.82, 2.24) is 0 Å². The number of halogens is 1. The van der Waals surface area contributed by atoms with Crippen LogP contribution in [0.15, 0.2) is 54.6 Å². The summed E-state index contributed by atoms with van der Waals surface area (Å²) < 4.78 is 0. The minimum atomic E-state index is -0.0300. The molecule has 0 saturated heterocycles. The molecule has 2 aliphatic rings. The molecule has 1 amide bonds. The van der Waals surface area contributed by atoms with E-state index >= 15 is 0 Å². The molecule has 4 heteroatoms. The van der Waals surface area contributed by atoms with Crippen LogP contribution in [0, 0.1) is 11.8 Å². The largest absolute Gasteiger partial charge is 0.378 e. The number of carbonyl (C=O) groups excluding carboxylic acids is 1. The fraction of sp³-hybridized carbons (Fsp3) is 0.318. The van der Waals surface area contributed by atoms with Gasteiger partial charge in [0, 0.05) is 28.2 Å². The van der Waals surface area contributed by atoms with Crippen LogP contribution in [0.3, 0.4) is 0 Å². The second kappa shape index (κ2) is 6.81. The van der Waals surface area contributed by atoms with Crippen LogP contribution >= 0.6 is 11.6 Å². The number of carbonyl (C=O) groups is 1. The first kappa shape index (κ1) is 17.2. The molecule has 2 aromatic rings. The monoisotopic (exact) mass is 366 g/mol. The summed E-state index contributed by atoms with van der Waals surface area (Å²) in [5.74, 6) is 0.853.